The SMILES string of the molecule is C=CC(=O)N1C[C@H](C)N(c2nc(=O)n3c4c(c(-c5ccc(F)cc5F)c(Cl)cc24)OCC3CN2CC(F)C2)C[C@H]1C. The van der Waals surface area contributed by atoms with Crippen molar-refractivity contribution in [2.45, 2.75) is 38.1 Å². The highest BCUT2D eigenvalue weighted by Gasteiger charge is 2.38. The molecule has 0 radical (unpaired) electrons. The molecule has 1 aromatic heterocycles. The Kier molecular flexibility index (Phi) is 6.97. The van der Waals surface area contributed by atoms with Crippen molar-refractivity contribution in [2.75, 3.05) is 44.2 Å². The maximum absolute atomic E-state index is 15.0. The van der Waals surface area contributed by atoms with E-state index in [0.29, 0.717) is 36.4 Å². The van der Waals surface area contributed by atoms with Gasteiger partial charge in [0.25, 0.3) is 0 Å². The predicted octanol–water partition coefficient (Wildman–Crippen LogP) is 4.19. The fourth-order valence-electron chi connectivity index (χ4n) is 6.16. The molecule has 2 fully saturated rings. The summed E-state index contributed by atoms with van der Waals surface area (Å²) >= 11 is 6.79. The van der Waals surface area contributed by atoms with E-state index in [1.807, 2.05) is 23.6 Å². The number of halogens is 4. The Hall–Kier alpha value is -3.57. The largest absolute Gasteiger partial charge is 0.488 e. The second-order valence-corrected chi connectivity index (χ2v) is 11.4. The maximum Gasteiger partial charge on any atom is 0.350 e. The van der Waals surface area contributed by atoms with Gasteiger partial charge < -0.3 is 14.5 Å². The van der Waals surface area contributed by atoms with Crippen molar-refractivity contribution in [2.24, 2.45) is 0 Å². The van der Waals surface area contributed by atoms with Crippen LogP contribution in [0.4, 0.5) is 19.0 Å². The molecular formula is C29H29ClF3N5O3. The number of hydrogen-bond donors (Lipinski definition) is 0. The zero-order valence-electron chi connectivity index (χ0n) is 22.6. The lowest BCUT2D eigenvalue weighted by Gasteiger charge is -2.45. The van der Waals surface area contributed by atoms with Crippen molar-refractivity contribution in [1.29, 1.82) is 0 Å². The van der Waals surface area contributed by atoms with E-state index in [-0.39, 0.29) is 59.6 Å². The summed E-state index contributed by atoms with van der Waals surface area (Å²) in [6.45, 7) is 9.17. The minimum Gasteiger partial charge on any atom is -0.488 e. The van der Waals surface area contributed by atoms with Crippen LogP contribution in [0.15, 0.2) is 41.7 Å². The molecule has 0 bridgehead atoms. The van der Waals surface area contributed by atoms with E-state index in [2.05, 4.69) is 11.6 Å². The first-order valence-electron chi connectivity index (χ1n) is 13.5. The zero-order valence-corrected chi connectivity index (χ0v) is 23.4. The van der Waals surface area contributed by atoms with E-state index in [0.717, 1.165) is 12.1 Å². The molecular weight excluding hydrogens is 559 g/mol. The van der Waals surface area contributed by atoms with E-state index in [1.54, 1.807) is 11.0 Å². The van der Waals surface area contributed by atoms with Crippen LogP contribution in [0.2, 0.25) is 5.02 Å². The molecule has 3 aliphatic rings. The first-order valence-corrected chi connectivity index (χ1v) is 13.9. The summed E-state index contributed by atoms with van der Waals surface area (Å²) in [6.07, 6.45) is 0.369. The van der Waals surface area contributed by atoms with Gasteiger partial charge in [-0.25, -0.2) is 18.0 Å². The average Bonchev–Trinajstić information content (AvgIpc) is 2.91. The molecule has 3 aromatic rings. The number of amides is 1. The van der Waals surface area contributed by atoms with Gasteiger partial charge in [0, 0.05) is 67.4 Å². The third kappa shape index (κ3) is 4.64. The number of nitrogens with zero attached hydrogens (tertiary/aromatic N) is 5. The van der Waals surface area contributed by atoms with Crippen molar-refractivity contribution < 1.29 is 22.7 Å². The van der Waals surface area contributed by atoms with Crippen molar-refractivity contribution in [3.8, 4) is 16.9 Å². The number of aromatic nitrogens is 2. The van der Waals surface area contributed by atoms with Gasteiger partial charge in [-0.05, 0) is 38.1 Å². The quantitative estimate of drug-likeness (QED) is 0.417. The fraction of sp³-hybridized carbons (Fsp3) is 0.414. The summed E-state index contributed by atoms with van der Waals surface area (Å²) in [6, 6.07) is 3.93. The fourth-order valence-corrected chi connectivity index (χ4v) is 6.45. The number of rotatable bonds is 5. The van der Waals surface area contributed by atoms with Crippen LogP contribution in [0.1, 0.15) is 19.9 Å². The molecule has 2 aromatic carbocycles. The summed E-state index contributed by atoms with van der Waals surface area (Å²) in [7, 11) is 0. The number of hydrogen-bond acceptors (Lipinski definition) is 6. The molecule has 2 saturated heterocycles. The van der Waals surface area contributed by atoms with Crippen molar-refractivity contribution in [3.63, 3.8) is 0 Å². The van der Waals surface area contributed by atoms with E-state index < -0.39 is 29.5 Å². The standard InChI is InChI=1S/C29H29ClF3N5O3/c1-4-24(39)36-9-16(3)37(10-15(36)2)28-21-8-22(30)25(20-6-5-17(31)7-23(20)33)27-26(21)38(29(40)34-28)19(14-41-27)13-35-11-18(32)12-35/h4-8,15-16,18-19H,1,9-14H2,2-3H3/t15-,16+,19?/m1/s1. The molecule has 4 heterocycles. The minimum atomic E-state index is -0.911. The van der Waals surface area contributed by atoms with Gasteiger partial charge in [0.1, 0.15) is 30.2 Å². The summed E-state index contributed by atoms with van der Waals surface area (Å²) in [4.78, 5) is 36.3. The molecule has 0 saturated carbocycles. The van der Waals surface area contributed by atoms with Gasteiger partial charge in [0.05, 0.1) is 16.6 Å². The van der Waals surface area contributed by atoms with Crippen LogP contribution in [0, 0.1) is 11.6 Å². The van der Waals surface area contributed by atoms with Crippen molar-refractivity contribution in [3.05, 3.63) is 64.1 Å². The van der Waals surface area contributed by atoms with Crippen LogP contribution >= 0.6 is 11.6 Å². The van der Waals surface area contributed by atoms with E-state index in [4.69, 9.17) is 16.3 Å². The summed E-state index contributed by atoms with van der Waals surface area (Å²) in [5.74, 6) is -1.17. The first-order chi connectivity index (χ1) is 19.6. The highest BCUT2D eigenvalue weighted by atomic mass is 35.5. The Bertz CT molecular complexity index is 1630. The lowest BCUT2D eigenvalue weighted by atomic mass is 9.99. The van der Waals surface area contributed by atoms with Crippen molar-refractivity contribution in [1.82, 2.24) is 19.4 Å². The van der Waals surface area contributed by atoms with Gasteiger partial charge in [-0.2, -0.15) is 4.98 Å². The number of carbonyl (C=O) groups is 1. The van der Waals surface area contributed by atoms with Gasteiger partial charge in [0.2, 0.25) is 5.91 Å². The summed E-state index contributed by atoms with van der Waals surface area (Å²) in [5.41, 5.74) is 0.0968. The Morgan fingerprint density at radius 1 is 1.17 bits per heavy atom. The Morgan fingerprint density at radius 2 is 1.93 bits per heavy atom. The van der Waals surface area contributed by atoms with Crippen LogP contribution in [0.5, 0.6) is 5.75 Å². The second kappa shape index (κ2) is 10.4. The highest BCUT2D eigenvalue weighted by Crippen LogP contribution is 2.47. The third-order valence-electron chi connectivity index (χ3n) is 8.18. The number of anilines is 1. The van der Waals surface area contributed by atoms with Gasteiger partial charge in [-0.3, -0.25) is 14.3 Å². The molecule has 3 atom stereocenters. The van der Waals surface area contributed by atoms with Gasteiger partial charge in [-0.1, -0.05) is 18.2 Å². The van der Waals surface area contributed by atoms with Crippen LogP contribution in [-0.2, 0) is 4.79 Å². The monoisotopic (exact) mass is 587 g/mol. The smallest absolute Gasteiger partial charge is 0.350 e. The summed E-state index contributed by atoms with van der Waals surface area (Å²) < 4.78 is 50.1. The molecule has 216 valence electrons. The number of benzene rings is 2. The molecule has 6 rings (SSSR count). The Morgan fingerprint density at radius 3 is 2.61 bits per heavy atom. The molecule has 0 N–H and O–H groups in total. The molecule has 1 amide bonds. The third-order valence-corrected chi connectivity index (χ3v) is 8.48. The van der Waals surface area contributed by atoms with Crippen molar-refractivity contribution >= 4 is 34.2 Å². The van der Waals surface area contributed by atoms with Gasteiger partial charge in [0.15, 0.2) is 5.75 Å². The molecule has 0 spiro atoms. The molecule has 3 aliphatic heterocycles. The summed E-state index contributed by atoms with van der Waals surface area (Å²) in [5, 5.41) is 0.670. The topological polar surface area (TPSA) is 70.9 Å². The number of likely N-dealkylation sites (tertiary alicyclic amines) is 1. The van der Waals surface area contributed by atoms with Gasteiger partial charge >= 0.3 is 5.69 Å². The number of piperazine rings is 1. The predicted molar refractivity (Wildman–Crippen MR) is 150 cm³/mol. The zero-order chi connectivity index (χ0) is 29.2. The lowest BCUT2D eigenvalue weighted by Crippen LogP contribution is -2.58. The number of carbonyl (C=O) groups excluding carboxylic acids is 1. The van der Waals surface area contributed by atoms with E-state index in [9.17, 15) is 18.4 Å². The first kappa shape index (κ1) is 27.6. The molecule has 0 aliphatic carbocycles. The minimum absolute atomic E-state index is 0.0330. The molecule has 41 heavy (non-hydrogen) atoms. The number of alkyl halides is 1. The van der Waals surface area contributed by atoms with Crippen LogP contribution in [0.25, 0.3) is 22.0 Å². The molecule has 1 unspecified atom stereocenters. The molecule has 8 nitrogen and oxygen atoms in total. The highest BCUT2D eigenvalue weighted by molar-refractivity contribution is 6.35. The average molecular weight is 588 g/mol. The van der Waals surface area contributed by atoms with E-state index >= 15 is 4.39 Å². The normalized spacial score (nSPS) is 22.9. The number of ether oxygens (including phenoxy) is 1. The Balaban J connectivity index is 1.55. The van der Waals surface area contributed by atoms with Crippen LogP contribution in [0.3, 0.4) is 0 Å². The Labute approximate surface area is 239 Å². The lowest BCUT2D eigenvalue weighted by molar-refractivity contribution is -0.128. The van der Waals surface area contributed by atoms with Crippen LogP contribution < -0.4 is 15.3 Å². The maximum atomic E-state index is 15.0. The van der Waals surface area contributed by atoms with E-state index in [1.165, 1.54) is 16.7 Å². The van der Waals surface area contributed by atoms with Crippen LogP contribution in [-0.4, -0.2) is 82.8 Å². The molecule has 12 heteroatoms. The van der Waals surface area contributed by atoms with Gasteiger partial charge in [-0.15, -0.1) is 0 Å². The second-order valence-electron chi connectivity index (χ2n) is 11.0.